The van der Waals surface area contributed by atoms with Crippen molar-refractivity contribution in [3.63, 3.8) is 0 Å². The van der Waals surface area contributed by atoms with Crippen LogP contribution in [0.5, 0.6) is 0 Å². The van der Waals surface area contributed by atoms with Crippen molar-refractivity contribution in [1.29, 1.82) is 0 Å². The van der Waals surface area contributed by atoms with Crippen LogP contribution in [0.2, 0.25) is 6.32 Å². The predicted octanol–water partition coefficient (Wildman–Crippen LogP) is 4.56. The average molecular weight is 310 g/mol. The molecule has 0 saturated heterocycles. The van der Waals surface area contributed by atoms with E-state index in [9.17, 15) is 0 Å². The normalized spacial score (nSPS) is 12.0. The Morgan fingerprint density at radius 3 is 1.18 bits per heavy atom. The number of hydrogen-bond acceptors (Lipinski definition) is 2. The lowest BCUT2D eigenvalue weighted by Gasteiger charge is -2.40. The fourth-order valence-corrected chi connectivity index (χ4v) is 3.12. The average Bonchev–Trinajstić information content (AvgIpc) is 2.54. The smallest absolute Gasteiger partial charge is 0.101 e. The van der Waals surface area contributed by atoms with Crippen molar-refractivity contribution in [3.8, 4) is 0 Å². The van der Waals surface area contributed by atoms with E-state index in [0.717, 1.165) is 0 Å². The second kappa shape index (κ2) is 15.9. The zero-order valence-corrected chi connectivity index (χ0v) is 16.4. The molecular formula is C19H43BN2. The molecular weight excluding hydrogens is 267 g/mol. The standard InChI is InChI=1S/C19H43BN2/c1-5-9-15-21(16-10-6-2)19(13-14-20)22(17-11-7-3)18-12-8-4/h19H,5-18,20H2,1-4H3. The molecule has 2 nitrogen and oxygen atoms in total. The van der Waals surface area contributed by atoms with Gasteiger partial charge in [0.25, 0.3) is 0 Å². The van der Waals surface area contributed by atoms with Crippen molar-refractivity contribution in [2.24, 2.45) is 0 Å². The Balaban J connectivity index is 4.88. The molecule has 0 aliphatic carbocycles. The first-order valence-electron chi connectivity index (χ1n) is 10.2. The summed E-state index contributed by atoms with van der Waals surface area (Å²) in [7, 11) is 2.35. The molecule has 0 rings (SSSR count). The fraction of sp³-hybridized carbons (Fsp3) is 1.00. The molecule has 0 aliphatic heterocycles. The predicted molar refractivity (Wildman–Crippen MR) is 105 cm³/mol. The van der Waals surface area contributed by atoms with Crippen LogP contribution in [0.4, 0.5) is 0 Å². The van der Waals surface area contributed by atoms with Crippen LogP contribution in [0.15, 0.2) is 0 Å². The Kier molecular flexibility index (Phi) is 15.9. The Morgan fingerprint density at radius 1 is 0.636 bits per heavy atom. The molecule has 0 amide bonds. The molecule has 0 N–H and O–H groups in total. The van der Waals surface area contributed by atoms with E-state index in [1.165, 1.54) is 90.3 Å². The number of rotatable bonds is 16. The van der Waals surface area contributed by atoms with Gasteiger partial charge in [-0.05, 0) is 58.3 Å². The van der Waals surface area contributed by atoms with Gasteiger partial charge in [-0.15, -0.1) is 0 Å². The molecule has 0 aliphatic rings. The van der Waals surface area contributed by atoms with E-state index >= 15 is 0 Å². The molecule has 3 heteroatoms. The lowest BCUT2D eigenvalue weighted by molar-refractivity contribution is 0.0345. The SMILES string of the molecule is BCCC(N(CCCC)CCCC)N(CCCC)CCCC. The highest BCUT2D eigenvalue weighted by atomic mass is 15.3. The van der Waals surface area contributed by atoms with Crippen molar-refractivity contribution in [3.05, 3.63) is 0 Å². The summed E-state index contributed by atoms with van der Waals surface area (Å²) in [5, 5.41) is 0. The molecule has 0 spiro atoms. The van der Waals surface area contributed by atoms with Crippen molar-refractivity contribution in [2.45, 2.75) is 98.0 Å². The molecule has 0 bridgehead atoms. The van der Waals surface area contributed by atoms with Crippen LogP contribution in [0, 0.1) is 0 Å². The minimum atomic E-state index is 0.682. The van der Waals surface area contributed by atoms with Gasteiger partial charge in [0.2, 0.25) is 0 Å². The number of hydrogen-bond donors (Lipinski definition) is 0. The molecule has 0 saturated carbocycles. The van der Waals surface area contributed by atoms with Gasteiger partial charge >= 0.3 is 0 Å². The van der Waals surface area contributed by atoms with Crippen LogP contribution in [0.1, 0.15) is 85.5 Å². The molecule has 132 valence electrons. The van der Waals surface area contributed by atoms with E-state index in [-0.39, 0.29) is 0 Å². The van der Waals surface area contributed by atoms with E-state index in [1.807, 2.05) is 0 Å². The third-order valence-corrected chi connectivity index (χ3v) is 4.59. The van der Waals surface area contributed by atoms with Crippen LogP contribution >= 0.6 is 0 Å². The summed E-state index contributed by atoms with van der Waals surface area (Å²) in [4.78, 5) is 5.61. The minimum absolute atomic E-state index is 0.682. The van der Waals surface area contributed by atoms with Crippen molar-refractivity contribution >= 4 is 7.85 Å². The van der Waals surface area contributed by atoms with Crippen molar-refractivity contribution < 1.29 is 0 Å². The molecule has 22 heavy (non-hydrogen) atoms. The Labute approximate surface area is 142 Å². The first-order valence-corrected chi connectivity index (χ1v) is 10.2. The largest absolute Gasteiger partial charge is 0.288 e. The molecule has 0 aromatic rings. The van der Waals surface area contributed by atoms with E-state index in [0.29, 0.717) is 6.17 Å². The molecule has 0 heterocycles. The van der Waals surface area contributed by atoms with Crippen LogP contribution in [-0.2, 0) is 0 Å². The third-order valence-electron chi connectivity index (χ3n) is 4.59. The van der Waals surface area contributed by atoms with E-state index in [4.69, 9.17) is 0 Å². The van der Waals surface area contributed by atoms with Crippen LogP contribution in [0.3, 0.4) is 0 Å². The Morgan fingerprint density at radius 2 is 0.955 bits per heavy atom. The van der Waals surface area contributed by atoms with E-state index in [1.54, 1.807) is 0 Å². The van der Waals surface area contributed by atoms with Crippen LogP contribution < -0.4 is 0 Å². The number of unbranched alkanes of at least 4 members (excludes halogenated alkanes) is 4. The summed E-state index contributed by atoms with van der Waals surface area (Å²) in [6, 6.07) is 0. The molecule has 0 fully saturated rings. The Hall–Kier alpha value is -0.0151. The summed E-state index contributed by atoms with van der Waals surface area (Å²) in [5.41, 5.74) is 0. The van der Waals surface area contributed by atoms with Gasteiger partial charge in [0.05, 0.1) is 6.17 Å². The topological polar surface area (TPSA) is 6.48 Å². The zero-order valence-electron chi connectivity index (χ0n) is 16.4. The highest BCUT2D eigenvalue weighted by Gasteiger charge is 2.23. The number of nitrogens with zero attached hydrogens (tertiary/aromatic N) is 2. The van der Waals surface area contributed by atoms with Gasteiger partial charge < -0.3 is 0 Å². The van der Waals surface area contributed by atoms with Gasteiger partial charge in [-0.1, -0.05) is 59.7 Å². The minimum Gasteiger partial charge on any atom is -0.288 e. The molecule has 0 unspecified atom stereocenters. The second-order valence-corrected chi connectivity index (χ2v) is 6.76. The lowest BCUT2D eigenvalue weighted by Crippen LogP contribution is -2.50. The maximum atomic E-state index is 2.81. The van der Waals surface area contributed by atoms with Gasteiger partial charge in [0.15, 0.2) is 0 Å². The first kappa shape index (κ1) is 22.0. The summed E-state index contributed by atoms with van der Waals surface area (Å²) in [5.74, 6) is 0. The lowest BCUT2D eigenvalue weighted by atomic mass is 9.98. The quantitative estimate of drug-likeness (QED) is 0.305. The molecule has 0 atom stereocenters. The molecule has 0 aromatic carbocycles. The summed E-state index contributed by atoms with van der Waals surface area (Å²) < 4.78 is 0. The summed E-state index contributed by atoms with van der Waals surface area (Å²) >= 11 is 0. The van der Waals surface area contributed by atoms with Gasteiger partial charge in [-0.25, -0.2) is 0 Å². The molecule has 0 aromatic heterocycles. The maximum Gasteiger partial charge on any atom is 0.101 e. The highest BCUT2D eigenvalue weighted by molar-refractivity contribution is 6.08. The van der Waals surface area contributed by atoms with E-state index < -0.39 is 0 Å². The van der Waals surface area contributed by atoms with Gasteiger partial charge in [-0.3, -0.25) is 9.80 Å². The van der Waals surface area contributed by atoms with Crippen molar-refractivity contribution in [1.82, 2.24) is 9.80 Å². The highest BCUT2D eigenvalue weighted by Crippen LogP contribution is 2.17. The zero-order chi connectivity index (χ0) is 16.6. The van der Waals surface area contributed by atoms with Gasteiger partial charge in [-0.2, -0.15) is 0 Å². The van der Waals surface area contributed by atoms with Crippen LogP contribution in [0.25, 0.3) is 0 Å². The third kappa shape index (κ3) is 9.89. The maximum absolute atomic E-state index is 2.81. The summed E-state index contributed by atoms with van der Waals surface area (Å²) in [6.07, 6.45) is 13.9. The first-order chi connectivity index (χ1) is 10.7. The van der Waals surface area contributed by atoms with Gasteiger partial charge in [0, 0.05) is 0 Å². The summed E-state index contributed by atoms with van der Waals surface area (Å²) in [6.45, 7) is 14.4. The van der Waals surface area contributed by atoms with Crippen molar-refractivity contribution in [2.75, 3.05) is 26.2 Å². The van der Waals surface area contributed by atoms with Gasteiger partial charge in [0.1, 0.15) is 7.85 Å². The van der Waals surface area contributed by atoms with E-state index in [2.05, 4.69) is 45.3 Å². The van der Waals surface area contributed by atoms with Crippen LogP contribution in [-0.4, -0.2) is 50.0 Å². The monoisotopic (exact) mass is 310 g/mol. The second-order valence-electron chi connectivity index (χ2n) is 6.76. The fourth-order valence-electron chi connectivity index (χ4n) is 3.12. The Bertz CT molecular complexity index is 187. The molecule has 0 radical (unpaired) electrons.